The van der Waals surface area contributed by atoms with Gasteiger partial charge >= 0.3 is 5.97 Å². The van der Waals surface area contributed by atoms with E-state index in [1.807, 2.05) is 0 Å². The summed E-state index contributed by atoms with van der Waals surface area (Å²) in [6.07, 6.45) is 3.61. The molecular formula is C19H25ClFNO3. The van der Waals surface area contributed by atoms with Crippen LogP contribution in [0.1, 0.15) is 46.5 Å². The van der Waals surface area contributed by atoms with Crippen molar-refractivity contribution in [3.63, 3.8) is 0 Å². The molecule has 2 rings (SSSR count). The van der Waals surface area contributed by atoms with E-state index in [0.29, 0.717) is 11.6 Å². The number of esters is 1. The van der Waals surface area contributed by atoms with Crippen molar-refractivity contribution in [3.8, 4) is 0 Å². The molecule has 4 nitrogen and oxygen atoms in total. The van der Waals surface area contributed by atoms with Crippen LogP contribution in [0.5, 0.6) is 0 Å². The lowest BCUT2D eigenvalue weighted by atomic mass is 9.70. The fourth-order valence-corrected chi connectivity index (χ4v) is 3.40. The Kier molecular flexibility index (Phi) is 6.44. The number of ether oxygens (including phenoxy) is 1. The van der Waals surface area contributed by atoms with Crippen LogP contribution in [-0.2, 0) is 14.3 Å². The van der Waals surface area contributed by atoms with Crippen LogP contribution in [0.15, 0.2) is 18.2 Å². The second-order valence-electron chi connectivity index (χ2n) is 7.70. The van der Waals surface area contributed by atoms with Crippen molar-refractivity contribution < 1.29 is 18.7 Å². The van der Waals surface area contributed by atoms with E-state index in [9.17, 15) is 14.0 Å². The summed E-state index contributed by atoms with van der Waals surface area (Å²) in [6.45, 7) is 6.32. The summed E-state index contributed by atoms with van der Waals surface area (Å²) >= 11 is 5.66. The van der Waals surface area contributed by atoms with Gasteiger partial charge in [0.25, 0.3) is 5.91 Å². The van der Waals surface area contributed by atoms with E-state index >= 15 is 0 Å². The first kappa shape index (κ1) is 19.7. The Bertz CT molecular complexity index is 634. The SMILES string of the molecule is CC(C)(C)C1CCC(C(=O)OCC(=O)Nc2ccc(F)c(Cl)c2)CC1. The van der Waals surface area contributed by atoms with Gasteiger partial charge in [-0.25, -0.2) is 4.39 Å². The molecule has 1 amide bonds. The van der Waals surface area contributed by atoms with Crippen molar-refractivity contribution in [3.05, 3.63) is 29.0 Å². The van der Waals surface area contributed by atoms with Gasteiger partial charge in [-0.1, -0.05) is 32.4 Å². The van der Waals surface area contributed by atoms with E-state index in [4.69, 9.17) is 16.3 Å². The van der Waals surface area contributed by atoms with Gasteiger partial charge in [0, 0.05) is 5.69 Å². The first-order valence-electron chi connectivity index (χ1n) is 8.58. The van der Waals surface area contributed by atoms with Crippen LogP contribution in [0.3, 0.4) is 0 Å². The molecule has 25 heavy (non-hydrogen) atoms. The molecule has 1 aromatic carbocycles. The molecule has 1 fully saturated rings. The van der Waals surface area contributed by atoms with Crippen molar-refractivity contribution >= 4 is 29.2 Å². The van der Waals surface area contributed by atoms with Crippen molar-refractivity contribution in [1.82, 2.24) is 0 Å². The van der Waals surface area contributed by atoms with Gasteiger partial charge in [-0.3, -0.25) is 9.59 Å². The lowest BCUT2D eigenvalue weighted by Gasteiger charge is -2.36. The van der Waals surface area contributed by atoms with Crippen LogP contribution in [-0.4, -0.2) is 18.5 Å². The zero-order chi connectivity index (χ0) is 18.6. The molecule has 0 aliphatic heterocycles. The number of benzene rings is 1. The number of halogens is 2. The largest absolute Gasteiger partial charge is 0.455 e. The highest BCUT2D eigenvalue weighted by atomic mass is 35.5. The van der Waals surface area contributed by atoms with E-state index in [1.54, 1.807) is 0 Å². The van der Waals surface area contributed by atoms with Crippen LogP contribution in [0.2, 0.25) is 5.02 Å². The Morgan fingerprint density at radius 1 is 1.24 bits per heavy atom. The number of rotatable bonds is 4. The van der Waals surface area contributed by atoms with Gasteiger partial charge in [0.15, 0.2) is 6.61 Å². The number of hydrogen-bond acceptors (Lipinski definition) is 3. The third-order valence-electron chi connectivity index (χ3n) is 4.83. The highest BCUT2D eigenvalue weighted by molar-refractivity contribution is 6.31. The van der Waals surface area contributed by atoms with Gasteiger partial charge in [0.2, 0.25) is 0 Å². The minimum atomic E-state index is -0.558. The molecule has 0 aromatic heterocycles. The second-order valence-corrected chi connectivity index (χ2v) is 8.11. The highest BCUT2D eigenvalue weighted by Crippen LogP contribution is 2.40. The molecule has 0 unspecified atom stereocenters. The predicted octanol–water partition coefficient (Wildman–Crippen LogP) is 4.81. The number of amides is 1. The Morgan fingerprint density at radius 3 is 2.44 bits per heavy atom. The quantitative estimate of drug-likeness (QED) is 0.774. The van der Waals surface area contributed by atoms with Gasteiger partial charge in [0.05, 0.1) is 10.9 Å². The third-order valence-corrected chi connectivity index (χ3v) is 5.12. The summed E-state index contributed by atoms with van der Waals surface area (Å²) < 4.78 is 18.2. The Balaban J connectivity index is 1.76. The average molecular weight is 370 g/mol. The van der Waals surface area contributed by atoms with Crippen LogP contribution >= 0.6 is 11.6 Å². The fourth-order valence-electron chi connectivity index (χ4n) is 3.22. The summed E-state index contributed by atoms with van der Waals surface area (Å²) in [5.74, 6) is -0.870. The van der Waals surface area contributed by atoms with Gasteiger partial charge in [0.1, 0.15) is 5.82 Å². The molecule has 6 heteroatoms. The molecule has 0 radical (unpaired) electrons. The number of carbonyl (C=O) groups excluding carboxylic acids is 2. The summed E-state index contributed by atoms with van der Waals surface area (Å²) in [5, 5.41) is 2.45. The Morgan fingerprint density at radius 2 is 1.88 bits per heavy atom. The smallest absolute Gasteiger partial charge is 0.309 e. The molecule has 1 aromatic rings. The van der Waals surface area contributed by atoms with Crippen LogP contribution in [0, 0.1) is 23.1 Å². The standard InChI is InChI=1S/C19H25ClFNO3/c1-19(2,3)13-6-4-12(5-7-13)18(24)25-11-17(23)22-14-8-9-16(21)15(20)10-14/h8-10,12-13H,4-7,11H2,1-3H3,(H,22,23). The summed E-state index contributed by atoms with van der Waals surface area (Å²) in [5.41, 5.74) is 0.615. The van der Waals surface area contributed by atoms with Crippen LogP contribution in [0.4, 0.5) is 10.1 Å². The first-order chi connectivity index (χ1) is 11.7. The van der Waals surface area contributed by atoms with E-state index in [1.165, 1.54) is 12.1 Å². The minimum Gasteiger partial charge on any atom is -0.455 e. The summed E-state index contributed by atoms with van der Waals surface area (Å²) in [4.78, 5) is 24.0. The third kappa shape index (κ3) is 5.70. The average Bonchev–Trinajstić information content (AvgIpc) is 2.55. The van der Waals surface area contributed by atoms with E-state index in [0.717, 1.165) is 31.7 Å². The van der Waals surface area contributed by atoms with Crippen LogP contribution < -0.4 is 5.32 Å². The normalized spacial score (nSPS) is 20.8. The molecule has 0 saturated heterocycles. The molecule has 0 bridgehead atoms. The second kappa shape index (κ2) is 8.17. The molecule has 1 N–H and O–H groups in total. The molecule has 1 aliphatic carbocycles. The predicted molar refractivity (Wildman–Crippen MR) is 95.9 cm³/mol. The topological polar surface area (TPSA) is 55.4 Å². The Hall–Kier alpha value is -1.62. The zero-order valence-corrected chi connectivity index (χ0v) is 15.7. The van der Waals surface area contributed by atoms with Gasteiger partial charge in [-0.2, -0.15) is 0 Å². The number of anilines is 1. The van der Waals surface area contributed by atoms with Gasteiger partial charge in [-0.15, -0.1) is 0 Å². The van der Waals surface area contributed by atoms with E-state index < -0.39 is 11.7 Å². The highest BCUT2D eigenvalue weighted by Gasteiger charge is 2.33. The number of carbonyl (C=O) groups is 2. The maximum Gasteiger partial charge on any atom is 0.309 e. The lowest BCUT2D eigenvalue weighted by Crippen LogP contribution is -2.31. The van der Waals surface area contributed by atoms with E-state index in [2.05, 4.69) is 26.1 Å². The fraction of sp³-hybridized carbons (Fsp3) is 0.579. The maximum absolute atomic E-state index is 13.1. The van der Waals surface area contributed by atoms with E-state index in [-0.39, 0.29) is 28.9 Å². The Labute approximate surface area is 153 Å². The number of nitrogens with one attached hydrogen (secondary N) is 1. The van der Waals surface area contributed by atoms with Crippen LogP contribution in [0.25, 0.3) is 0 Å². The molecule has 0 spiro atoms. The first-order valence-corrected chi connectivity index (χ1v) is 8.96. The minimum absolute atomic E-state index is 0.0783. The van der Waals surface area contributed by atoms with Crippen molar-refractivity contribution in [2.24, 2.45) is 17.3 Å². The molecule has 0 heterocycles. The zero-order valence-electron chi connectivity index (χ0n) is 14.9. The molecular weight excluding hydrogens is 345 g/mol. The van der Waals surface area contributed by atoms with Crippen molar-refractivity contribution in [2.45, 2.75) is 46.5 Å². The molecule has 1 saturated carbocycles. The monoisotopic (exact) mass is 369 g/mol. The summed E-state index contributed by atoms with van der Waals surface area (Å²) in [6, 6.07) is 3.87. The number of hydrogen-bond donors (Lipinski definition) is 1. The van der Waals surface area contributed by atoms with Crippen molar-refractivity contribution in [1.29, 1.82) is 0 Å². The molecule has 1 aliphatic rings. The maximum atomic E-state index is 13.1. The lowest BCUT2D eigenvalue weighted by molar-refractivity contribution is -0.153. The van der Waals surface area contributed by atoms with Crippen molar-refractivity contribution in [2.75, 3.05) is 11.9 Å². The van der Waals surface area contributed by atoms with Gasteiger partial charge < -0.3 is 10.1 Å². The summed E-state index contributed by atoms with van der Waals surface area (Å²) in [7, 11) is 0. The van der Waals surface area contributed by atoms with Gasteiger partial charge in [-0.05, 0) is 55.2 Å². The molecule has 138 valence electrons. The molecule has 0 atom stereocenters.